The van der Waals surface area contributed by atoms with Crippen molar-refractivity contribution in [3.8, 4) is 5.75 Å². The number of fused-ring (bicyclic) bond motifs is 5. The van der Waals surface area contributed by atoms with Crippen molar-refractivity contribution in [3.63, 3.8) is 0 Å². The maximum absolute atomic E-state index is 14.3. The highest BCUT2D eigenvalue weighted by molar-refractivity contribution is 8.76. The number of methoxy groups -OCH3 is 2. The second-order valence-corrected chi connectivity index (χ2v) is 22.3. The summed E-state index contributed by atoms with van der Waals surface area (Å²) in [6, 6.07) is 2.56. The number of anilines is 1. The first-order chi connectivity index (χ1) is 31.5. The Labute approximate surface area is 410 Å². The summed E-state index contributed by atoms with van der Waals surface area (Å²) in [7, 11) is 9.19. The van der Waals surface area contributed by atoms with Crippen LogP contribution in [0.25, 0.3) is 0 Å². The first kappa shape index (κ1) is 56.3. The molecule has 2 saturated heterocycles. The Kier molecular flexibility index (Phi) is 20.6. The zero-order chi connectivity index (χ0) is 50.0. The number of carbonyl (C=O) groups excluding carboxylic acids is 5. The van der Waals surface area contributed by atoms with Gasteiger partial charge < -0.3 is 44.3 Å². The van der Waals surface area contributed by atoms with Gasteiger partial charge in [0.05, 0.1) is 30.9 Å². The zero-order valence-corrected chi connectivity index (χ0v) is 43.9. The topological polar surface area (TPSA) is 200 Å². The average Bonchev–Trinajstić information content (AvgIpc) is 3.98. The molecule has 3 unspecified atom stereocenters. The number of alkyl carbamates (subject to hydrolysis) is 1. The number of allylic oxidation sites excluding steroid dienone is 3. The number of amides is 3. The van der Waals surface area contributed by atoms with Gasteiger partial charge in [0.2, 0.25) is 11.8 Å². The normalized spacial score (nSPS) is 29.1. The van der Waals surface area contributed by atoms with Gasteiger partial charge in [-0.1, -0.05) is 104 Å². The van der Waals surface area contributed by atoms with Crippen LogP contribution in [0, 0.1) is 11.8 Å². The third-order valence-corrected chi connectivity index (χ3v) is 17.0. The van der Waals surface area contributed by atoms with Crippen molar-refractivity contribution < 1.29 is 52.8 Å². The lowest BCUT2D eigenvalue weighted by Crippen LogP contribution is -2.63. The molecule has 3 amide bonds. The minimum absolute atomic E-state index is 0.0660. The molecule has 0 aliphatic carbocycles. The van der Waals surface area contributed by atoms with Crippen LogP contribution < -0.4 is 20.7 Å². The molecule has 4 rings (SSSR count). The minimum atomic E-state index is -1.85. The number of ketones is 1. The van der Waals surface area contributed by atoms with Gasteiger partial charge in [0.25, 0.3) is 0 Å². The molecule has 0 saturated carbocycles. The van der Waals surface area contributed by atoms with E-state index in [1.54, 1.807) is 62.9 Å². The number of hydrogen-bond acceptors (Lipinski definition) is 14. The first-order valence-electron chi connectivity index (χ1n) is 23.4. The van der Waals surface area contributed by atoms with E-state index >= 15 is 0 Å². The lowest BCUT2D eigenvalue weighted by Gasteiger charge is -2.42. The minimum Gasteiger partial charge on any atom is -0.495 e. The van der Waals surface area contributed by atoms with E-state index in [4.69, 9.17) is 41.0 Å². The van der Waals surface area contributed by atoms with E-state index in [-0.39, 0.29) is 41.2 Å². The molecular weight excluding hydrogens is 920 g/mol. The molecule has 67 heavy (non-hydrogen) atoms. The predicted molar refractivity (Wildman–Crippen MR) is 265 cm³/mol. The number of nitrogens with zero attached hydrogens (tertiary/aromatic N) is 2. The number of esters is 1. The number of halogens is 1. The van der Waals surface area contributed by atoms with Crippen molar-refractivity contribution in [2.75, 3.05) is 39.0 Å². The summed E-state index contributed by atoms with van der Waals surface area (Å²) in [5, 5.41) is 14.7. The smallest absolute Gasteiger partial charge is 0.409 e. The van der Waals surface area contributed by atoms with Crippen LogP contribution >= 0.6 is 33.2 Å². The molecule has 1 aromatic carbocycles. The number of nitrogens with two attached hydrogens (primary N) is 1. The second-order valence-electron chi connectivity index (χ2n) is 19.0. The van der Waals surface area contributed by atoms with Gasteiger partial charge in [0.15, 0.2) is 11.5 Å². The number of likely N-dealkylation sites (N-methyl/N-ethyl adjacent to an activating group) is 1. The second kappa shape index (κ2) is 24.5. The fourth-order valence-electron chi connectivity index (χ4n) is 8.99. The van der Waals surface area contributed by atoms with E-state index in [0.717, 1.165) is 24.0 Å². The van der Waals surface area contributed by atoms with E-state index in [2.05, 4.69) is 26.1 Å². The van der Waals surface area contributed by atoms with Gasteiger partial charge in [-0.15, -0.1) is 0 Å². The van der Waals surface area contributed by atoms with Crippen molar-refractivity contribution in [2.45, 2.75) is 172 Å². The SMILES string of the molecule is CCC[C@H](C)CC(N)(CC)C(=O)CCC(C)SSCCC(=O)N(C)[C@@H](C)C(=O)O[C@H]1CC(=O)N(C)c2cc(cc(OC)c2Cl)C/C(C)=C/C=C/[C@@H](OC)[C@@]2(O)CC(OC(=O)N2)[C@@H](C)[C@@H]2O[C@@]12C. The van der Waals surface area contributed by atoms with E-state index in [9.17, 15) is 29.1 Å². The van der Waals surface area contributed by atoms with Crippen LogP contribution in [0.5, 0.6) is 5.75 Å². The van der Waals surface area contributed by atoms with Gasteiger partial charge in [-0.05, 0) is 70.1 Å². The van der Waals surface area contributed by atoms with Gasteiger partial charge in [0, 0.05) is 57.4 Å². The van der Waals surface area contributed by atoms with Crippen molar-refractivity contribution >= 4 is 68.5 Å². The summed E-state index contributed by atoms with van der Waals surface area (Å²) in [5.74, 6) is -0.684. The fraction of sp³-hybridized carbons (Fsp3) is 0.694. The molecule has 11 atom stereocenters. The lowest BCUT2D eigenvalue weighted by molar-refractivity contribution is -0.162. The fourth-order valence-corrected chi connectivity index (χ4v) is 11.6. The van der Waals surface area contributed by atoms with Crippen LogP contribution in [0.2, 0.25) is 5.02 Å². The van der Waals surface area contributed by atoms with Crippen molar-refractivity contribution in [1.82, 2.24) is 10.2 Å². The maximum atomic E-state index is 14.3. The summed E-state index contributed by atoms with van der Waals surface area (Å²) >= 11 is 6.82. The molecule has 4 bridgehead atoms. The molecule has 4 N–H and O–H groups in total. The number of aliphatic hydroxyl groups is 1. The monoisotopic (exact) mass is 994 g/mol. The highest BCUT2D eigenvalue weighted by Crippen LogP contribution is 2.49. The Hall–Kier alpha value is -3.32. The van der Waals surface area contributed by atoms with Crippen molar-refractivity contribution in [1.29, 1.82) is 0 Å². The van der Waals surface area contributed by atoms with Crippen LogP contribution in [-0.2, 0) is 44.5 Å². The quantitative estimate of drug-likeness (QED) is 0.0522. The van der Waals surface area contributed by atoms with Gasteiger partial charge in [-0.3, -0.25) is 19.7 Å². The lowest BCUT2D eigenvalue weighted by atomic mass is 9.80. The highest BCUT2D eigenvalue weighted by atomic mass is 35.5. The first-order valence-corrected chi connectivity index (χ1v) is 26.2. The van der Waals surface area contributed by atoms with Gasteiger partial charge >= 0.3 is 12.1 Å². The molecule has 0 spiro atoms. The summed E-state index contributed by atoms with van der Waals surface area (Å²) in [5.41, 5.74) is 4.79. The molecule has 3 aliphatic rings. The molecule has 3 aliphatic heterocycles. The summed E-state index contributed by atoms with van der Waals surface area (Å²) in [6.45, 7) is 15.3. The molecule has 15 nitrogen and oxygen atoms in total. The van der Waals surface area contributed by atoms with E-state index in [1.165, 1.54) is 41.9 Å². The molecule has 2 fully saturated rings. The predicted octanol–water partition coefficient (Wildman–Crippen LogP) is 7.96. The molecule has 0 aromatic heterocycles. The number of carbonyl (C=O) groups is 5. The number of Topliss-reactive ketones (excluding diaryl/α,β-unsaturated/α-hetero) is 1. The molecule has 1 aromatic rings. The third-order valence-electron chi connectivity index (χ3n) is 13.6. The molecule has 3 heterocycles. The Morgan fingerprint density at radius 1 is 1.15 bits per heavy atom. The van der Waals surface area contributed by atoms with Gasteiger partial charge in [-0.2, -0.15) is 0 Å². The molecular formula is C49H75ClN4O11S2. The van der Waals surface area contributed by atoms with Crippen LogP contribution in [0.15, 0.2) is 35.9 Å². The Bertz CT molecular complexity index is 1990. The number of rotatable bonds is 19. The maximum Gasteiger partial charge on any atom is 0.409 e. The Morgan fingerprint density at radius 2 is 1.85 bits per heavy atom. The van der Waals surface area contributed by atoms with E-state index in [0.29, 0.717) is 55.2 Å². The van der Waals surface area contributed by atoms with Crippen LogP contribution in [0.1, 0.15) is 119 Å². The van der Waals surface area contributed by atoms with E-state index < -0.39 is 71.2 Å². The summed E-state index contributed by atoms with van der Waals surface area (Å²) < 4.78 is 29.5. The Balaban J connectivity index is 1.50. The van der Waals surface area contributed by atoms with Crippen LogP contribution in [-0.4, -0.2) is 126 Å². The summed E-state index contributed by atoms with van der Waals surface area (Å²) in [4.78, 5) is 70.7. The van der Waals surface area contributed by atoms with Crippen molar-refractivity contribution in [3.05, 3.63) is 46.5 Å². The van der Waals surface area contributed by atoms with E-state index in [1.807, 2.05) is 19.9 Å². The zero-order valence-electron chi connectivity index (χ0n) is 41.5. The number of benzene rings is 1. The number of ether oxygens (including phenoxy) is 5. The van der Waals surface area contributed by atoms with Gasteiger partial charge in [0.1, 0.15) is 40.7 Å². The number of hydrogen-bond donors (Lipinski definition) is 3. The van der Waals surface area contributed by atoms with Crippen molar-refractivity contribution in [2.24, 2.45) is 17.6 Å². The standard InChI is InChI=1S/C49H75ClN4O11S2/c1-13-16-30(4)27-48(51,14-2)38(55)20-19-31(5)67-66-22-21-41(56)53(9)33(7)45(58)64-40-26-42(57)54(10)35-24-34(25-36(61-11)43(35)50)23-29(3)17-15-18-39(62-12)49(60)28-37(63-46(59)52-49)32(6)44-47(40,8)65-44/h15,17-18,24-25,30-33,37,39-40,44,60H,13-14,16,19-23,26-28,51H2,1-12H3,(H,52,59)/b18-15+,29-17+/t30-,31?,32+,33-,37?,39+,40-,44-,47-,48?,49-/m0/s1. The Morgan fingerprint density at radius 3 is 2.49 bits per heavy atom. The average molecular weight is 996 g/mol. The number of epoxide rings is 1. The molecule has 18 heteroatoms. The van der Waals surface area contributed by atoms with Crippen LogP contribution in [0.3, 0.4) is 0 Å². The van der Waals surface area contributed by atoms with Gasteiger partial charge in [-0.25, -0.2) is 9.59 Å². The largest absolute Gasteiger partial charge is 0.495 e. The van der Waals surface area contributed by atoms with Crippen LogP contribution in [0.4, 0.5) is 10.5 Å². The molecule has 376 valence electrons. The third kappa shape index (κ3) is 14.4. The number of nitrogens with one attached hydrogen (secondary N) is 1. The molecule has 0 radical (unpaired) electrons. The highest BCUT2D eigenvalue weighted by Gasteiger charge is 2.64. The summed E-state index contributed by atoms with van der Waals surface area (Å²) in [6.07, 6.45) is 5.41.